The second-order valence-electron chi connectivity index (χ2n) is 12.2. The number of aliphatic hydroxyl groups excluding tert-OH is 2. The van der Waals surface area contributed by atoms with Crippen LogP contribution < -0.4 is 0 Å². The van der Waals surface area contributed by atoms with Crippen LogP contribution in [0.1, 0.15) is 51.4 Å². The molecule has 1 aromatic rings. The average Bonchev–Trinajstić information content (AvgIpc) is 2.84. The van der Waals surface area contributed by atoms with Gasteiger partial charge in [-0.25, -0.2) is 4.79 Å². The Hall–Kier alpha value is -2.59. The highest BCUT2D eigenvalue weighted by molar-refractivity contribution is 5.92. The first kappa shape index (κ1) is 27.0. The first-order valence-corrected chi connectivity index (χ1v) is 13.1. The fourth-order valence-corrected chi connectivity index (χ4v) is 7.75. The van der Waals surface area contributed by atoms with Crippen LogP contribution in [0.2, 0.25) is 0 Å². The van der Waals surface area contributed by atoms with E-state index in [0.717, 1.165) is 0 Å². The van der Waals surface area contributed by atoms with Gasteiger partial charge in [0.25, 0.3) is 0 Å². The Morgan fingerprint density at radius 3 is 2.34 bits per heavy atom. The summed E-state index contributed by atoms with van der Waals surface area (Å²) in [5, 5.41) is 35.3. The van der Waals surface area contributed by atoms with Crippen LogP contribution in [0.5, 0.6) is 0 Å². The van der Waals surface area contributed by atoms with Crippen molar-refractivity contribution in [3.63, 3.8) is 0 Å². The van der Waals surface area contributed by atoms with E-state index in [1.54, 1.807) is 70.2 Å². The van der Waals surface area contributed by atoms with Gasteiger partial charge in [0.05, 0.1) is 29.6 Å². The smallest absolute Gasteiger partial charge is 0.338 e. The van der Waals surface area contributed by atoms with Gasteiger partial charge in [-0.05, 0) is 25.0 Å². The molecule has 3 N–H and O–H groups in total. The van der Waals surface area contributed by atoms with Gasteiger partial charge >= 0.3 is 11.9 Å². The number of allylic oxidation sites excluding steroid dienone is 1. The zero-order valence-electron chi connectivity index (χ0n) is 22.3. The fraction of sp³-hybridized carbons (Fsp3) is 0.621. The Morgan fingerprint density at radius 1 is 1.11 bits per heavy atom. The number of fused-ring (bicyclic) bond motifs is 5. The van der Waals surface area contributed by atoms with Crippen LogP contribution in [0.4, 0.5) is 0 Å². The van der Waals surface area contributed by atoms with E-state index >= 15 is 0 Å². The maximum atomic E-state index is 14.2. The molecule has 5 rings (SSSR count). The van der Waals surface area contributed by atoms with Crippen molar-refractivity contribution >= 4 is 17.7 Å². The third kappa shape index (κ3) is 3.48. The minimum Gasteiger partial charge on any atom is -0.455 e. The number of benzene rings is 1. The third-order valence-corrected chi connectivity index (χ3v) is 9.89. The van der Waals surface area contributed by atoms with E-state index < -0.39 is 81.9 Å². The molecule has 2 unspecified atom stereocenters. The maximum absolute atomic E-state index is 14.2. The predicted octanol–water partition coefficient (Wildman–Crippen LogP) is 1.82. The molecule has 1 aliphatic heterocycles. The first-order valence-electron chi connectivity index (χ1n) is 13.1. The summed E-state index contributed by atoms with van der Waals surface area (Å²) < 4.78 is 17.8. The topological polar surface area (TPSA) is 140 Å². The van der Waals surface area contributed by atoms with E-state index in [2.05, 4.69) is 0 Å². The normalized spacial score (nSPS) is 44.9. The summed E-state index contributed by atoms with van der Waals surface area (Å²) in [5.41, 5.74) is -5.83. The minimum absolute atomic E-state index is 0.0938. The number of ether oxygens (including phenoxy) is 3. The molecule has 1 aromatic carbocycles. The van der Waals surface area contributed by atoms with Gasteiger partial charge in [-0.3, -0.25) is 9.59 Å². The summed E-state index contributed by atoms with van der Waals surface area (Å²) >= 11 is 0. The Kier molecular flexibility index (Phi) is 6.19. The number of carbonyl (C=O) groups excluding carboxylic acids is 3. The van der Waals surface area contributed by atoms with E-state index in [-0.39, 0.29) is 18.6 Å². The van der Waals surface area contributed by atoms with Gasteiger partial charge in [-0.1, -0.05) is 51.1 Å². The van der Waals surface area contributed by atoms with Crippen molar-refractivity contribution in [1.29, 1.82) is 0 Å². The highest BCUT2D eigenvalue weighted by Gasteiger charge is 2.76. The van der Waals surface area contributed by atoms with Crippen molar-refractivity contribution in [1.82, 2.24) is 0 Å². The van der Waals surface area contributed by atoms with Gasteiger partial charge < -0.3 is 29.5 Å². The lowest BCUT2D eigenvalue weighted by atomic mass is 9.44. The number of esters is 2. The molecule has 2 bridgehead atoms. The monoisotopic (exact) mass is 528 g/mol. The molecule has 10 atom stereocenters. The molecule has 1 heterocycles. The van der Waals surface area contributed by atoms with Gasteiger partial charge in [-0.2, -0.15) is 0 Å². The first-order chi connectivity index (χ1) is 17.7. The second-order valence-corrected chi connectivity index (χ2v) is 12.2. The van der Waals surface area contributed by atoms with E-state index in [9.17, 15) is 29.7 Å². The molecular formula is C29H36O9. The zero-order valence-corrected chi connectivity index (χ0v) is 22.3. The summed E-state index contributed by atoms with van der Waals surface area (Å²) in [6.07, 6.45) is -1.74. The molecular weight excluding hydrogens is 492 g/mol. The van der Waals surface area contributed by atoms with E-state index in [0.29, 0.717) is 0 Å². The van der Waals surface area contributed by atoms with Crippen LogP contribution in [-0.2, 0) is 23.8 Å². The van der Waals surface area contributed by atoms with Crippen molar-refractivity contribution < 1.29 is 43.9 Å². The number of ketones is 1. The molecule has 0 aromatic heterocycles. The summed E-state index contributed by atoms with van der Waals surface area (Å²) in [6, 6.07) is 8.26. The number of hydrogen-bond acceptors (Lipinski definition) is 9. The van der Waals surface area contributed by atoms with Gasteiger partial charge in [0.15, 0.2) is 11.4 Å². The van der Waals surface area contributed by atoms with Crippen LogP contribution in [-0.4, -0.2) is 75.3 Å². The number of rotatable bonds is 3. The molecule has 38 heavy (non-hydrogen) atoms. The fourth-order valence-electron chi connectivity index (χ4n) is 7.75. The van der Waals surface area contributed by atoms with Crippen molar-refractivity contribution in [2.45, 2.75) is 76.7 Å². The Morgan fingerprint density at radius 2 is 1.76 bits per heavy atom. The summed E-state index contributed by atoms with van der Waals surface area (Å²) in [7, 11) is 0. The van der Waals surface area contributed by atoms with Gasteiger partial charge in [0.2, 0.25) is 0 Å². The van der Waals surface area contributed by atoms with Crippen LogP contribution in [0.15, 0.2) is 42.5 Å². The SMILES string of the molecule is CC(=O)O[C@@]12CO[C@@H]1C=C[C@@]1(C)C(=O)[C@H](O)C3C(C)[C@@H](O)C[C@@](O)([C@@H](OC(=O)c4ccccc4)[C@H]21)C3(C)C. The number of Topliss-reactive ketones (excluding diaryl/α,β-unsaturated/α-hetero) is 1. The van der Waals surface area contributed by atoms with Gasteiger partial charge in [0.1, 0.15) is 23.9 Å². The molecule has 206 valence electrons. The quantitative estimate of drug-likeness (QED) is 0.396. The lowest BCUT2D eigenvalue weighted by molar-refractivity contribution is -0.321. The molecule has 2 saturated carbocycles. The highest BCUT2D eigenvalue weighted by Crippen LogP contribution is 2.63. The van der Waals surface area contributed by atoms with Crippen LogP contribution >= 0.6 is 0 Å². The molecule has 0 amide bonds. The lowest BCUT2D eigenvalue weighted by Crippen LogP contribution is -2.80. The molecule has 3 fully saturated rings. The number of carbonyl (C=O) groups is 3. The van der Waals surface area contributed by atoms with Crippen molar-refractivity contribution in [3.05, 3.63) is 48.0 Å². The summed E-state index contributed by atoms with van der Waals surface area (Å²) in [6.45, 7) is 7.94. The van der Waals surface area contributed by atoms with E-state index in [4.69, 9.17) is 14.2 Å². The van der Waals surface area contributed by atoms with Crippen LogP contribution in [0.3, 0.4) is 0 Å². The zero-order chi connectivity index (χ0) is 27.8. The van der Waals surface area contributed by atoms with Gasteiger partial charge in [-0.15, -0.1) is 0 Å². The highest BCUT2D eigenvalue weighted by atomic mass is 16.6. The summed E-state index contributed by atoms with van der Waals surface area (Å²) in [5.74, 6) is -4.43. The molecule has 4 aliphatic rings. The van der Waals surface area contributed by atoms with E-state index in [1.165, 1.54) is 6.92 Å². The van der Waals surface area contributed by atoms with Gasteiger partial charge in [0, 0.05) is 24.7 Å². The molecule has 3 aliphatic carbocycles. The molecule has 0 radical (unpaired) electrons. The van der Waals surface area contributed by atoms with Crippen LogP contribution in [0.25, 0.3) is 0 Å². The van der Waals surface area contributed by atoms with Crippen molar-refractivity contribution in [3.8, 4) is 0 Å². The summed E-state index contributed by atoms with van der Waals surface area (Å²) in [4.78, 5) is 40.2. The Balaban J connectivity index is 1.77. The molecule has 9 heteroatoms. The Labute approximate surface area is 221 Å². The lowest BCUT2D eigenvalue weighted by Gasteiger charge is -2.66. The average molecular weight is 529 g/mol. The van der Waals surface area contributed by atoms with Crippen molar-refractivity contribution in [2.75, 3.05) is 6.61 Å². The minimum atomic E-state index is -1.92. The number of aliphatic hydroxyl groups is 3. The standard InChI is InChI=1S/C29H36O9/c1-15-18(31)13-29(35)24(37-25(34)17-9-7-6-8-10-17)22-27(5,23(33)21(32)20(15)26(29,3)4)12-11-19-28(22,14-36-19)38-16(2)30/h6-12,15,18-22,24,31-32,35H,13-14H2,1-5H3/t15?,18-,19+,20?,21+,22-,24-,27+,28-,29+/m0/s1. The second kappa shape index (κ2) is 8.71. The van der Waals surface area contributed by atoms with Crippen molar-refractivity contribution in [2.24, 2.45) is 28.6 Å². The Bertz CT molecular complexity index is 1180. The van der Waals surface area contributed by atoms with Crippen LogP contribution in [0, 0.1) is 28.6 Å². The largest absolute Gasteiger partial charge is 0.455 e. The number of hydrogen-bond donors (Lipinski definition) is 3. The predicted molar refractivity (Wildman–Crippen MR) is 134 cm³/mol. The molecule has 1 saturated heterocycles. The molecule has 9 nitrogen and oxygen atoms in total. The van der Waals surface area contributed by atoms with E-state index in [1.807, 2.05) is 0 Å². The molecule has 0 spiro atoms. The third-order valence-electron chi connectivity index (χ3n) is 9.89. The maximum Gasteiger partial charge on any atom is 0.338 e.